The minimum absolute atomic E-state index is 0. The quantitative estimate of drug-likeness (QED) is 0.444. The summed E-state index contributed by atoms with van der Waals surface area (Å²) in [5.41, 5.74) is 5.53. The Morgan fingerprint density at radius 2 is 2.24 bits per heavy atom. The van der Waals surface area contributed by atoms with E-state index in [0.29, 0.717) is 6.04 Å². The Morgan fingerprint density at radius 1 is 1.52 bits per heavy atom. The van der Waals surface area contributed by atoms with Gasteiger partial charge >= 0.3 is 0 Å². The molecule has 0 saturated carbocycles. The van der Waals surface area contributed by atoms with E-state index in [0.717, 1.165) is 19.4 Å². The largest absolute Gasteiger partial charge is 0.393 e. The van der Waals surface area contributed by atoms with Crippen LogP contribution >= 0.6 is 12.4 Å². The highest BCUT2D eigenvalue weighted by molar-refractivity contribution is 6.01. The number of nitrogens with two attached hydrogens (primary N) is 1. The molecule has 0 radical (unpaired) electrons. The van der Waals surface area contributed by atoms with E-state index in [1.54, 1.807) is 0 Å². The fourth-order valence-corrected chi connectivity index (χ4v) is 2.44. The lowest BCUT2D eigenvalue weighted by molar-refractivity contribution is -0.383. The van der Waals surface area contributed by atoms with Crippen molar-refractivity contribution >= 4 is 29.7 Å². The molecule has 116 valence electrons. The molecule has 0 spiro atoms. The Kier molecular flexibility index (Phi) is 5.92. The Bertz CT molecular complexity index is 538. The number of rotatable bonds is 3. The summed E-state index contributed by atoms with van der Waals surface area (Å²) in [6.45, 7) is 2.90. The van der Waals surface area contributed by atoms with Gasteiger partial charge in [-0.3, -0.25) is 14.9 Å². The van der Waals surface area contributed by atoms with Gasteiger partial charge in [-0.25, -0.2) is 0 Å². The van der Waals surface area contributed by atoms with E-state index in [-0.39, 0.29) is 41.3 Å². The molecule has 0 aliphatic carbocycles. The third-order valence-corrected chi connectivity index (χ3v) is 3.48. The number of hydrogen-bond acceptors (Lipinski definition) is 5. The number of amides is 1. The van der Waals surface area contributed by atoms with Gasteiger partial charge in [0.2, 0.25) is 0 Å². The lowest BCUT2D eigenvalue weighted by Crippen LogP contribution is -2.46. The fraction of sp³-hybridized carbons (Fsp3) is 0.462. The molecular formula is C13H19ClN4O3. The number of halogens is 1. The zero-order valence-corrected chi connectivity index (χ0v) is 12.5. The smallest absolute Gasteiger partial charge is 0.292 e. The zero-order valence-electron chi connectivity index (χ0n) is 11.7. The second kappa shape index (κ2) is 7.24. The first kappa shape index (κ1) is 17.2. The van der Waals surface area contributed by atoms with Crippen LogP contribution in [0, 0.1) is 10.1 Å². The predicted molar refractivity (Wildman–Crippen MR) is 82.7 cm³/mol. The molecule has 2 atom stereocenters. The summed E-state index contributed by atoms with van der Waals surface area (Å²) in [6, 6.07) is 4.67. The molecule has 1 aliphatic heterocycles. The van der Waals surface area contributed by atoms with Gasteiger partial charge in [-0.05, 0) is 32.4 Å². The van der Waals surface area contributed by atoms with Gasteiger partial charge in [-0.2, -0.15) is 0 Å². The van der Waals surface area contributed by atoms with Crippen molar-refractivity contribution in [3.63, 3.8) is 0 Å². The Morgan fingerprint density at radius 3 is 2.86 bits per heavy atom. The van der Waals surface area contributed by atoms with Crippen LogP contribution in [-0.4, -0.2) is 29.5 Å². The number of carbonyl (C=O) groups excluding carboxylic acids is 1. The lowest BCUT2D eigenvalue weighted by Gasteiger charge is -2.28. The Balaban J connectivity index is 0.00000220. The van der Waals surface area contributed by atoms with Crippen LogP contribution in [0.25, 0.3) is 0 Å². The Labute approximate surface area is 128 Å². The van der Waals surface area contributed by atoms with Crippen molar-refractivity contribution in [3.8, 4) is 0 Å². The average Bonchev–Trinajstić information content (AvgIpc) is 2.38. The molecule has 8 heteroatoms. The normalized spacial score (nSPS) is 21.2. The topological polar surface area (TPSA) is 110 Å². The van der Waals surface area contributed by atoms with Gasteiger partial charge in [0.15, 0.2) is 0 Å². The first-order chi connectivity index (χ1) is 9.49. The van der Waals surface area contributed by atoms with Crippen LogP contribution in [0.5, 0.6) is 0 Å². The molecular weight excluding hydrogens is 296 g/mol. The summed E-state index contributed by atoms with van der Waals surface area (Å²) in [4.78, 5) is 22.4. The van der Waals surface area contributed by atoms with E-state index < -0.39 is 4.92 Å². The summed E-state index contributed by atoms with van der Waals surface area (Å²) >= 11 is 0. The number of piperidine rings is 1. The van der Waals surface area contributed by atoms with Crippen LogP contribution < -0.4 is 16.4 Å². The van der Waals surface area contributed by atoms with Gasteiger partial charge in [0.1, 0.15) is 5.69 Å². The van der Waals surface area contributed by atoms with Gasteiger partial charge < -0.3 is 16.4 Å². The number of nitrogen functional groups attached to an aromatic ring is 1. The molecule has 1 saturated heterocycles. The maximum Gasteiger partial charge on any atom is 0.292 e. The summed E-state index contributed by atoms with van der Waals surface area (Å²) in [7, 11) is 0. The standard InChI is InChI=1S/C13H18N4O3.ClH/c1-8-7-9(5-6-15-8)16-13(18)10-3-2-4-11(12(10)14)17(19)20;/h2-4,8-9,15H,5-7,14H2,1H3,(H,16,18);1H. The van der Waals surface area contributed by atoms with E-state index in [4.69, 9.17) is 5.73 Å². The molecule has 4 N–H and O–H groups in total. The molecule has 1 aromatic carbocycles. The van der Waals surface area contributed by atoms with Crippen molar-refractivity contribution < 1.29 is 9.72 Å². The van der Waals surface area contributed by atoms with Gasteiger partial charge in [-0.15, -0.1) is 12.4 Å². The van der Waals surface area contributed by atoms with E-state index in [1.165, 1.54) is 18.2 Å². The molecule has 1 heterocycles. The number of anilines is 1. The molecule has 7 nitrogen and oxygen atoms in total. The van der Waals surface area contributed by atoms with Gasteiger partial charge in [-0.1, -0.05) is 6.07 Å². The molecule has 1 aromatic rings. The second-order valence-corrected chi connectivity index (χ2v) is 5.05. The number of para-hydroxylation sites is 1. The van der Waals surface area contributed by atoms with Gasteiger partial charge in [0.25, 0.3) is 11.6 Å². The minimum Gasteiger partial charge on any atom is -0.393 e. The maximum atomic E-state index is 12.2. The number of nitrogens with zero attached hydrogens (tertiary/aromatic N) is 1. The highest BCUT2D eigenvalue weighted by atomic mass is 35.5. The van der Waals surface area contributed by atoms with E-state index in [9.17, 15) is 14.9 Å². The Hall–Kier alpha value is -1.86. The van der Waals surface area contributed by atoms with Crippen LogP contribution in [0.3, 0.4) is 0 Å². The minimum atomic E-state index is -0.585. The molecule has 21 heavy (non-hydrogen) atoms. The van der Waals surface area contributed by atoms with Gasteiger partial charge in [0, 0.05) is 18.2 Å². The van der Waals surface area contributed by atoms with Gasteiger partial charge in [0.05, 0.1) is 10.5 Å². The number of hydrogen-bond donors (Lipinski definition) is 3. The van der Waals surface area contributed by atoms with Crippen molar-refractivity contribution in [1.82, 2.24) is 10.6 Å². The molecule has 1 aliphatic rings. The van der Waals surface area contributed by atoms with Crippen molar-refractivity contribution in [2.45, 2.75) is 31.8 Å². The number of nitro benzene ring substituents is 1. The van der Waals surface area contributed by atoms with Crippen LogP contribution in [0.4, 0.5) is 11.4 Å². The second-order valence-electron chi connectivity index (χ2n) is 5.05. The monoisotopic (exact) mass is 314 g/mol. The number of benzene rings is 1. The zero-order chi connectivity index (χ0) is 14.7. The number of carbonyl (C=O) groups is 1. The van der Waals surface area contributed by atoms with E-state index >= 15 is 0 Å². The summed E-state index contributed by atoms with van der Waals surface area (Å²) in [5.74, 6) is -0.356. The highest BCUT2D eigenvalue weighted by Gasteiger charge is 2.23. The maximum absolute atomic E-state index is 12.2. The molecule has 2 unspecified atom stereocenters. The van der Waals surface area contributed by atoms with Crippen LogP contribution in [0.2, 0.25) is 0 Å². The van der Waals surface area contributed by atoms with Crippen molar-refractivity contribution in [3.05, 3.63) is 33.9 Å². The summed E-state index contributed by atoms with van der Waals surface area (Å²) in [6.07, 6.45) is 1.67. The predicted octanol–water partition coefficient (Wildman–Crippen LogP) is 1.47. The number of nitrogens with one attached hydrogen (secondary N) is 2. The van der Waals surface area contributed by atoms with Crippen LogP contribution in [0.15, 0.2) is 18.2 Å². The van der Waals surface area contributed by atoms with Crippen molar-refractivity contribution in [2.75, 3.05) is 12.3 Å². The SMILES string of the molecule is CC1CC(NC(=O)c2cccc([N+](=O)[O-])c2N)CCN1.Cl. The van der Waals surface area contributed by atoms with Crippen molar-refractivity contribution in [1.29, 1.82) is 0 Å². The molecule has 1 amide bonds. The van der Waals surface area contributed by atoms with Crippen LogP contribution in [0.1, 0.15) is 30.1 Å². The first-order valence-corrected chi connectivity index (χ1v) is 6.56. The highest BCUT2D eigenvalue weighted by Crippen LogP contribution is 2.25. The lowest BCUT2D eigenvalue weighted by atomic mass is 10.00. The average molecular weight is 315 g/mol. The van der Waals surface area contributed by atoms with Crippen LogP contribution in [-0.2, 0) is 0 Å². The van der Waals surface area contributed by atoms with E-state index in [2.05, 4.69) is 17.6 Å². The summed E-state index contributed by atoms with van der Waals surface area (Å²) in [5, 5.41) is 17.0. The fourth-order valence-electron chi connectivity index (χ4n) is 2.44. The van der Waals surface area contributed by atoms with Crippen molar-refractivity contribution in [2.24, 2.45) is 0 Å². The molecule has 0 bridgehead atoms. The third-order valence-electron chi connectivity index (χ3n) is 3.48. The molecule has 0 aromatic heterocycles. The molecule has 2 rings (SSSR count). The third kappa shape index (κ3) is 4.05. The first-order valence-electron chi connectivity index (χ1n) is 6.56. The van der Waals surface area contributed by atoms with E-state index in [1.807, 2.05) is 0 Å². The summed E-state index contributed by atoms with van der Waals surface area (Å²) < 4.78 is 0. The molecule has 1 fully saturated rings. The number of nitro groups is 1.